The van der Waals surface area contributed by atoms with Crippen LogP contribution in [0.4, 0.5) is 0 Å². The van der Waals surface area contributed by atoms with Crippen molar-refractivity contribution in [3.63, 3.8) is 0 Å². The van der Waals surface area contributed by atoms with E-state index in [1.54, 1.807) is 19.2 Å². The van der Waals surface area contributed by atoms with E-state index >= 15 is 0 Å². The number of carbonyl (C=O) groups is 1. The summed E-state index contributed by atoms with van der Waals surface area (Å²) in [7, 11) is -3.49. The van der Waals surface area contributed by atoms with Crippen molar-refractivity contribution in [1.29, 1.82) is 0 Å². The highest BCUT2D eigenvalue weighted by Crippen LogP contribution is 2.47. The van der Waals surface area contributed by atoms with Gasteiger partial charge in [-0.2, -0.15) is 0 Å². The highest BCUT2D eigenvalue weighted by molar-refractivity contribution is 6.99. The molecule has 50 heavy (non-hydrogen) atoms. The summed E-state index contributed by atoms with van der Waals surface area (Å²) in [6, 6.07) is 30.2. The normalized spacial score (nSPS) is 26.5. The zero-order chi connectivity index (χ0) is 36.4. The maximum Gasteiger partial charge on any atom is 0.338 e. The van der Waals surface area contributed by atoms with Crippen molar-refractivity contribution in [3.05, 3.63) is 96.6 Å². The molecular weight excluding hydrogens is 661 g/mol. The molecule has 2 fully saturated rings. The quantitative estimate of drug-likeness (QED) is 0.148. The van der Waals surface area contributed by atoms with Crippen molar-refractivity contribution in [2.75, 3.05) is 20.3 Å². The third-order valence-electron chi connectivity index (χ3n) is 11.2. The predicted molar refractivity (Wildman–Crippen MR) is 204 cm³/mol. The van der Waals surface area contributed by atoms with Gasteiger partial charge in [0.2, 0.25) is 5.79 Å². The molecule has 9 heteroatoms. The molecule has 0 bridgehead atoms. The molecule has 5 rings (SSSR count). The molecule has 0 radical (unpaired) electrons. The summed E-state index contributed by atoms with van der Waals surface area (Å²) in [5.74, 6) is -1.41. The second-order valence-electron chi connectivity index (χ2n) is 16.5. The van der Waals surface area contributed by atoms with Crippen molar-refractivity contribution in [3.8, 4) is 0 Å². The Morgan fingerprint density at radius 2 is 1.38 bits per heavy atom. The number of benzene rings is 3. The third-order valence-corrected chi connectivity index (χ3v) is 20.6. The average molecular weight is 719 g/mol. The van der Waals surface area contributed by atoms with Crippen LogP contribution in [0, 0.1) is 5.92 Å². The molecule has 0 N–H and O–H groups in total. The van der Waals surface area contributed by atoms with Gasteiger partial charge in [-0.15, -0.1) is 0 Å². The molecule has 2 aliphatic heterocycles. The number of esters is 1. The maximum atomic E-state index is 13.6. The predicted octanol–water partition coefficient (Wildman–Crippen LogP) is 7.74. The minimum absolute atomic E-state index is 0.0138. The molecule has 3 aromatic rings. The van der Waals surface area contributed by atoms with Crippen LogP contribution in [0.2, 0.25) is 23.2 Å². The Bertz CT molecular complexity index is 1500. The molecule has 0 aliphatic carbocycles. The van der Waals surface area contributed by atoms with Gasteiger partial charge >= 0.3 is 5.97 Å². The highest BCUT2D eigenvalue weighted by atomic mass is 28.4. The van der Waals surface area contributed by atoms with E-state index in [1.807, 2.05) is 30.3 Å². The topological polar surface area (TPSA) is 72.5 Å². The van der Waals surface area contributed by atoms with Gasteiger partial charge < -0.3 is 27.8 Å². The second-order valence-corrected chi connectivity index (χ2v) is 25.6. The molecule has 2 aliphatic rings. The standard InChI is InChI=1S/C41H58O7Si2/c1-30-26-27-44-41(43-8,37(30)48-49(9,10)39(2,3)4)36-28-34(47-38(42)31-20-14-11-15-21-31)35(46-36)29-45-50(40(5,6)7,32-22-16-12-17-23-32)33-24-18-13-19-25-33/h11-25,30,34-37H,26-29H2,1-10H3/t30-,34-,35-,36+,37-,41-/m1/s1. The van der Waals surface area contributed by atoms with Crippen molar-refractivity contribution >= 4 is 33.0 Å². The van der Waals surface area contributed by atoms with Crippen LogP contribution >= 0.6 is 0 Å². The number of carbonyl (C=O) groups excluding carboxylic acids is 1. The first-order chi connectivity index (χ1) is 23.6. The monoisotopic (exact) mass is 718 g/mol. The Balaban J connectivity index is 1.54. The number of hydrogen-bond donors (Lipinski definition) is 0. The highest BCUT2D eigenvalue weighted by Gasteiger charge is 2.60. The lowest BCUT2D eigenvalue weighted by atomic mass is 9.87. The van der Waals surface area contributed by atoms with Crippen LogP contribution in [0.25, 0.3) is 0 Å². The summed E-state index contributed by atoms with van der Waals surface area (Å²) in [5, 5.41) is 2.10. The van der Waals surface area contributed by atoms with Crippen LogP contribution in [0.5, 0.6) is 0 Å². The summed E-state index contributed by atoms with van der Waals surface area (Å²) in [6.07, 6.45) is -0.877. The van der Waals surface area contributed by atoms with Gasteiger partial charge in [0.25, 0.3) is 8.32 Å². The molecule has 0 spiro atoms. The van der Waals surface area contributed by atoms with E-state index in [1.165, 1.54) is 10.4 Å². The first kappa shape index (κ1) is 38.6. The molecule has 0 unspecified atom stereocenters. The van der Waals surface area contributed by atoms with E-state index in [0.29, 0.717) is 18.6 Å². The van der Waals surface area contributed by atoms with Gasteiger partial charge in [0.15, 0.2) is 8.32 Å². The van der Waals surface area contributed by atoms with Gasteiger partial charge in [0.05, 0.1) is 18.8 Å². The van der Waals surface area contributed by atoms with Crippen LogP contribution in [-0.2, 0) is 27.8 Å². The molecule has 7 nitrogen and oxygen atoms in total. The van der Waals surface area contributed by atoms with Gasteiger partial charge in [-0.25, -0.2) is 4.79 Å². The smallest absolute Gasteiger partial charge is 0.338 e. The van der Waals surface area contributed by atoms with Crippen molar-refractivity contribution < 1.29 is 32.6 Å². The van der Waals surface area contributed by atoms with Crippen LogP contribution in [0.3, 0.4) is 0 Å². The first-order valence-electron chi connectivity index (χ1n) is 18.1. The zero-order valence-electron chi connectivity index (χ0n) is 31.7. The van der Waals surface area contributed by atoms with E-state index in [-0.39, 0.29) is 28.7 Å². The second kappa shape index (κ2) is 15.1. The van der Waals surface area contributed by atoms with Crippen LogP contribution in [-0.4, -0.2) is 73.1 Å². The zero-order valence-corrected chi connectivity index (χ0v) is 33.7. The first-order valence-corrected chi connectivity index (χ1v) is 22.9. The largest absolute Gasteiger partial charge is 0.456 e. The SMILES string of the molecule is CO[C@]1([C@@H]2C[C@@H](OC(=O)c3ccccc3)[C@@H](CO[Si](c3ccccc3)(c3ccccc3)C(C)(C)C)O2)OCC[C@@H](C)[C@H]1O[Si](C)(C)C(C)(C)C. The van der Waals surface area contributed by atoms with Crippen molar-refractivity contribution in [2.45, 2.75) is 115 Å². The number of methoxy groups -OCH3 is 1. The van der Waals surface area contributed by atoms with E-state index in [2.05, 4.69) is 110 Å². The van der Waals surface area contributed by atoms with E-state index in [0.717, 1.165) is 6.42 Å². The molecule has 0 aromatic heterocycles. The van der Waals surface area contributed by atoms with Crippen LogP contribution < -0.4 is 10.4 Å². The van der Waals surface area contributed by atoms with Gasteiger partial charge in [-0.3, -0.25) is 0 Å². The lowest BCUT2D eigenvalue weighted by molar-refractivity contribution is -0.338. The van der Waals surface area contributed by atoms with Crippen molar-refractivity contribution in [2.24, 2.45) is 5.92 Å². The lowest BCUT2D eigenvalue weighted by Crippen LogP contribution is -2.67. The Morgan fingerprint density at radius 3 is 1.88 bits per heavy atom. The summed E-state index contributed by atoms with van der Waals surface area (Å²) in [4.78, 5) is 13.6. The molecular formula is C41H58O7Si2. The molecule has 3 aromatic carbocycles. The van der Waals surface area contributed by atoms with Gasteiger partial charge in [-0.1, -0.05) is 127 Å². The minimum atomic E-state index is -2.92. The third kappa shape index (κ3) is 7.60. The lowest BCUT2D eigenvalue weighted by Gasteiger charge is -2.52. The fourth-order valence-electron chi connectivity index (χ4n) is 7.30. The van der Waals surface area contributed by atoms with Crippen LogP contribution in [0.15, 0.2) is 91.0 Å². The molecule has 2 heterocycles. The van der Waals surface area contributed by atoms with Crippen LogP contribution in [0.1, 0.15) is 71.7 Å². The number of ether oxygens (including phenoxy) is 4. The molecule has 6 atom stereocenters. The summed E-state index contributed by atoms with van der Waals surface area (Å²) in [6.45, 7) is 21.0. The molecule has 2 saturated heterocycles. The van der Waals surface area contributed by atoms with Gasteiger partial charge in [0, 0.05) is 13.5 Å². The molecule has 0 amide bonds. The molecule has 0 saturated carbocycles. The Labute approximate surface area is 302 Å². The number of hydrogen-bond acceptors (Lipinski definition) is 7. The Kier molecular flexibility index (Phi) is 11.7. The Morgan fingerprint density at radius 1 is 0.840 bits per heavy atom. The number of rotatable bonds is 11. The summed E-state index contributed by atoms with van der Waals surface area (Å²) < 4.78 is 40.9. The summed E-state index contributed by atoms with van der Waals surface area (Å²) in [5.41, 5.74) is 0.491. The van der Waals surface area contributed by atoms with Gasteiger partial charge in [0.1, 0.15) is 24.4 Å². The fraction of sp³-hybridized carbons (Fsp3) is 0.537. The Hall–Kier alpha value is -2.64. The fourth-order valence-corrected chi connectivity index (χ4v) is 13.3. The van der Waals surface area contributed by atoms with E-state index in [4.69, 9.17) is 27.8 Å². The van der Waals surface area contributed by atoms with E-state index in [9.17, 15) is 4.79 Å². The average Bonchev–Trinajstić information content (AvgIpc) is 3.49. The van der Waals surface area contributed by atoms with Crippen molar-refractivity contribution in [1.82, 2.24) is 0 Å². The van der Waals surface area contributed by atoms with E-state index < -0.39 is 46.7 Å². The molecule has 272 valence electrons. The maximum absolute atomic E-state index is 13.6. The minimum Gasteiger partial charge on any atom is -0.456 e. The van der Waals surface area contributed by atoms with Gasteiger partial charge in [-0.05, 0) is 58.0 Å². The summed E-state index contributed by atoms with van der Waals surface area (Å²) >= 11 is 0.